The maximum absolute atomic E-state index is 11.5. The van der Waals surface area contributed by atoms with Crippen molar-refractivity contribution in [3.8, 4) is 0 Å². The molecule has 0 amide bonds. The molecule has 0 fully saturated rings. The Morgan fingerprint density at radius 2 is 1.26 bits per heavy atom. The number of hydrogen-bond acceptors (Lipinski definition) is 5. The van der Waals surface area contributed by atoms with Crippen molar-refractivity contribution >= 4 is 15.2 Å². The second-order valence-corrected chi connectivity index (χ2v) is 7.95. The molecule has 19 heavy (non-hydrogen) atoms. The Morgan fingerprint density at radius 3 is 1.53 bits per heavy atom. The molecule has 0 heterocycles. The van der Waals surface area contributed by atoms with Gasteiger partial charge in [0.15, 0.2) is 0 Å². The molecular weight excluding hydrogens is 294 g/mol. The molecule has 2 unspecified atom stereocenters. The van der Waals surface area contributed by atoms with E-state index < -0.39 is 27.9 Å². The summed E-state index contributed by atoms with van der Waals surface area (Å²) in [5.74, 6) is 0. The largest absolute Gasteiger partial charge is 0.364 e. The van der Waals surface area contributed by atoms with E-state index in [1.165, 1.54) is 0 Å². The standard InChI is InChI=1S/C10H20O7P2/c1-9(2)5-15-7-18(11,12)17-19(13,14)8-16-6-10(3)4/h1,3,5-8H2,2,4H3,(H,11,12)(H,13,14). The van der Waals surface area contributed by atoms with Crippen molar-refractivity contribution in [2.45, 2.75) is 13.8 Å². The predicted octanol–water partition coefficient (Wildman–Crippen LogP) is 2.47. The first kappa shape index (κ1) is 18.7. The zero-order chi connectivity index (χ0) is 15.1. The molecule has 112 valence electrons. The van der Waals surface area contributed by atoms with Crippen LogP contribution in [0.4, 0.5) is 0 Å². The molecule has 0 bridgehead atoms. The average molecular weight is 314 g/mol. The Balaban J connectivity index is 4.22. The molecular formula is C10H20O7P2. The van der Waals surface area contributed by atoms with Crippen LogP contribution in [0.2, 0.25) is 0 Å². The van der Waals surface area contributed by atoms with Gasteiger partial charge in [-0.2, -0.15) is 0 Å². The zero-order valence-electron chi connectivity index (χ0n) is 11.1. The van der Waals surface area contributed by atoms with E-state index in [9.17, 15) is 18.9 Å². The molecule has 9 heteroatoms. The van der Waals surface area contributed by atoms with E-state index in [0.717, 1.165) is 0 Å². The molecule has 0 aliphatic rings. The molecule has 7 nitrogen and oxygen atoms in total. The van der Waals surface area contributed by atoms with Gasteiger partial charge >= 0.3 is 15.2 Å². The summed E-state index contributed by atoms with van der Waals surface area (Å²) < 4.78 is 36.9. The topological polar surface area (TPSA) is 102 Å². The molecule has 2 N–H and O–H groups in total. The van der Waals surface area contributed by atoms with Gasteiger partial charge in [-0.25, -0.2) is 4.31 Å². The quantitative estimate of drug-likeness (QED) is 0.471. The highest BCUT2D eigenvalue weighted by molar-refractivity contribution is 7.66. The normalized spacial score (nSPS) is 17.5. The van der Waals surface area contributed by atoms with Crippen molar-refractivity contribution in [2.24, 2.45) is 0 Å². The van der Waals surface area contributed by atoms with E-state index in [0.29, 0.717) is 11.1 Å². The SMILES string of the molecule is C=C(C)COCP(=O)(O)OP(=O)(O)COCC(=C)C. The minimum Gasteiger partial charge on any atom is -0.364 e. The van der Waals surface area contributed by atoms with E-state index in [-0.39, 0.29) is 13.2 Å². The molecule has 0 aliphatic heterocycles. The third-order valence-electron chi connectivity index (χ3n) is 1.46. The van der Waals surface area contributed by atoms with Crippen LogP contribution >= 0.6 is 15.2 Å². The zero-order valence-corrected chi connectivity index (χ0v) is 12.9. The van der Waals surface area contributed by atoms with E-state index in [1.54, 1.807) is 13.8 Å². The Hall–Kier alpha value is -0.260. The van der Waals surface area contributed by atoms with Gasteiger partial charge in [0.2, 0.25) is 0 Å². The Morgan fingerprint density at radius 1 is 0.947 bits per heavy atom. The van der Waals surface area contributed by atoms with Crippen LogP contribution < -0.4 is 0 Å². The molecule has 0 spiro atoms. The highest BCUT2D eigenvalue weighted by Gasteiger charge is 2.32. The van der Waals surface area contributed by atoms with E-state index in [1.807, 2.05) is 0 Å². The van der Waals surface area contributed by atoms with Crippen molar-refractivity contribution < 1.29 is 32.7 Å². The van der Waals surface area contributed by atoms with E-state index in [2.05, 4.69) is 17.5 Å². The molecule has 0 aromatic carbocycles. The molecule has 0 aromatic heterocycles. The van der Waals surface area contributed by atoms with Crippen molar-refractivity contribution in [2.75, 3.05) is 25.9 Å². The van der Waals surface area contributed by atoms with Crippen LogP contribution in [0, 0.1) is 0 Å². The first-order valence-corrected chi connectivity index (χ1v) is 8.86. The summed E-state index contributed by atoms with van der Waals surface area (Å²) in [5, 5.41) is 0. The van der Waals surface area contributed by atoms with Gasteiger partial charge in [0.25, 0.3) is 0 Å². The minimum atomic E-state index is -4.31. The van der Waals surface area contributed by atoms with Gasteiger partial charge in [0.1, 0.15) is 12.7 Å². The van der Waals surface area contributed by atoms with Crippen LogP contribution in [0.1, 0.15) is 13.8 Å². The van der Waals surface area contributed by atoms with Crippen molar-refractivity contribution in [3.63, 3.8) is 0 Å². The number of hydrogen-bond donors (Lipinski definition) is 2. The maximum Gasteiger partial charge on any atom is 0.360 e. The minimum absolute atomic E-state index is 0.0653. The van der Waals surface area contributed by atoms with Crippen LogP contribution in [-0.2, 0) is 22.9 Å². The monoisotopic (exact) mass is 314 g/mol. The maximum atomic E-state index is 11.5. The molecule has 0 rings (SSSR count). The fourth-order valence-corrected chi connectivity index (χ4v) is 3.53. The lowest BCUT2D eigenvalue weighted by atomic mass is 10.4. The molecule has 0 saturated heterocycles. The predicted molar refractivity (Wildman–Crippen MR) is 72.0 cm³/mol. The molecule has 2 atom stereocenters. The van der Waals surface area contributed by atoms with E-state index >= 15 is 0 Å². The Kier molecular flexibility index (Phi) is 8.01. The first-order chi connectivity index (χ1) is 8.54. The van der Waals surface area contributed by atoms with Crippen LogP contribution in [0.25, 0.3) is 0 Å². The van der Waals surface area contributed by atoms with Crippen LogP contribution in [0.15, 0.2) is 24.3 Å². The van der Waals surface area contributed by atoms with Crippen molar-refractivity contribution in [1.82, 2.24) is 0 Å². The molecule has 0 aromatic rings. The first-order valence-electron chi connectivity index (χ1n) is 5.33. The fraction of sp³-hybridized carbons (Fsp3) is 0.600. The lowest BCUT2D eigenvalue weighted by Gasteiger charge is -2.17. The van der Waals surface area contributed by atoms with Crippen LogP contribution in [-0.4, -0.2) is 35.7 Å². The lowest BCUT2D eigenvalue weighted by molar-refractivity contribution is 0.165. The average Bonchev–Trinajstić information content (AvgIpc) is 2.12. The molecule has 0 saturated carbocycles. The van der Waals surface area contributed by atoms with E-state index in [4.69, 9.17) is 9.47 Å². The van der Waals surface area contributed by atoms with Gasteiger partial charge in [0, 0.05) is 0 Å². The summed E-state index contributed by atoms with van der Waals surface area (Å²) >= 11 is 0. The second-order valence-electron chi connectivity index (χ2n) is 4.23. The summed E-state index contributed by atoms with van der Waals surface area (Å²) in [7, 11) is -8.63. The number of ether oxygens (including phenoxy) is 2. The van der Waals surface area contributed by atoms with Crippen LogP contribution in [0.3, 0.4) is 0 Å². The Labute approximate surface area is 112 Å². The smallest absolute Gasteiger partial charge is 0.360 e. The highest BCUT2D eigenvalue weighted by atomic mass is 31.3. The van der Waals surface area contributed by atoms with Gasteiger partial charge in [-0.05, 0) is 13.8 Å². The fourth-order valence-electron chi connectivity index (χ4n) is 0.917. The van der Waals surface area contributed by atoms with Crippen molar-refractivity contribution in [3.05, 3.63) is 24.3 Å². The molecule has 0 aliphatic carbocycles. The third-order valence-corrected chi connectivity index (χ3v) is 4.52. The summed E-state index contributed by atoms with van der Waals surface area (Å²) in [6.45, 7) is 10.5. The van der Waals surface area contributed by atoms with Gasteiger partial charge < -0.3 is 19.3 Å². The number of rotatable bonds is 10. The van der Waals surface area contributed by atoms with Gasteiger partial charge in [-0.3, -0.25) is 9.13 Å². The molecule has 0 radical (unpaired) electrons. The van der Waals surface area contributed by atoms with Gasteiger partial charge in [-0.15, -0.1) is 0 Å². The Bertz CT molecular complexity index is 380. The van der Waals surface area contributed by atoms with Gasteiger partial charge in [0.05, 0.1) is 13.2 Å². The van der Waals surface area contributed by atoms with Crippen molar-refractivity contribution in [1.29, 1.82) is 0 Å². The lowest BCUT2D eigenvalue weighted by Crippen LogP contribution is -2.04. The highest BCUT2D eigenvalue weighted by Crippen LogP contribution is 2.59. The summed E-state index contributed by atoms with van der Waals surface area (Å²) in [6, 6.07) is 0. The summed E-state index contributed by atoms with van der Waals surface area (Å²) in [5.41, 5.74) is 1.30. The summed E-state index contributed by atoms with van der Waals surface area (Å²) in [6.07, 6.45) is -1.38. The van der Waals surface area contributed by atoms with Crippen LogP contribution in [0.5, 0.6) is 0 Å². The second kappa shape index (κ2) is 8.12. The van der Waals surface area contributed by atoms with Gasteiger partial charge in [-0.1, -0.05) is 24.3 Å². The third kappa shape index (κ3) is 11.3. The summed E-state index contributed by atoms with van der Waals surface area (Å²) in [4.78, 5) is 18.7.